The van der Waals surface area contributed by atoms with E-state index in [1.54, 1.807) is 11.3 Å². The number of rotatable bonds is 6. The van der Waals surface area contributed by atoms with Gasteiger partial charge in [0.25, 0.3) is 0 Å². The van der Waals surface area contributed by atoms with E-state index in [1.807, 2.05) is 0 Å². The van der Waals surface area contributed by atoms with Crippen LogP contribution in [-0.4, -0.2) is 21.3 Å². The Balaban J connectivity index is 1.73. The summed E-state index contributed by atoms with van der Waals surface area (Å²) >= 11 is 1.74. The highest BCUT2D eigenvalue weighted by atomic mass is 32.1. The standard InChI is InChI=1S/C15H22N4S/c1-4-19-11(3)15(10(2)18-19)13-9-20-14(17-13)8-16-7-12-5-6-12/h9,12,16H,4-8H2,1-3H3. The summed E-state index contributed by atoms with van der Waals surface area (Å²) in [5.41, 5.74) is 4.57. The Morgan fingerprint density at radius 2 is 2.20 bits per heavy atom. The molecule has 1 aliphatic rings. The summed E-state index contributed by atoms with van der Waals surface area (Å²) < 4.78 is 2.05. The minimum Gasteiger partial charge on any atom is -0.310 e. The summed E-state index contributed by atoms with van der Waals surface area (Å²) in [4.78, 5) is 4.77. The maximum Gasteiger partial charge on any atom is 0.107 e. The van der Waals surface area contributed by atoms with Gasteiger partial charge in [-0.05, 0) is 46.1 Å². The first-order valence-electron chi connectivity index (χ1n) is 7.38. The largest absolute Gasteiger partial charge is 0.310 e. The first kappa shape index (κ1) is 13.8. The van der Waals surface area contributed by atoms with Gasteiger partial charge in [0.15, 0.2) is 0 Å². The molecule has 0 saturated heterocycles. The Bertz CT molecular complexity index is 595. The van der Waals surface area contributed by atoms with E-state index in [9.17, 15) is 0 Å². The van der Waals surface area contributed by atoms with Gasteiger partial charge in [-0.25, -0.2) is 4.98 Å². The Hall–Kier alpha value is -1.20. The molecule has 4 nitrogen and oxygen atoms in total. The molecular formula is C15H22N4S. The van der Waals surface area contributed by atoms with Crippen molar-refractivity contribution >= 4 is 11.3 Å². The molecule has 0 bridgehead atoms. The summed E-state index contributed by atoms with van der Waals surface area (Å²) in [6.45, 7) is 9.26. The number of aromatic nitrogens is 3. The molecule has 5 heteroatoms. The van der Waals surface area contributed by atoms with Crippen molar-refractivity contribution in [3.05, 3.63) is 21.8 Å². The molecule has 20 heavy (non-hydrogen) atoms. The van der Waals surface area contributed by atoms with Gasteiger partial charge in [-0.1, -0.05) is 0 Å². The van der Waals surface area contributed by atoms with Crippen molar-refractivity contribution in [1.82, 2.24) is 20.1 Å². The average molecular weight is 290 g/mol. The molecule has 2 aromatic rings. The van der Waals surface area contributed by atoms with Gasteiger partial charge in [0.05, 0.1) is 11.4 Å². The summed E-state index contributed by atoms with van der Waals surface area (Å²) in [6.07, 6.45) is 2.79. The number of aryl methyl sites for hydroxylation is 2. The van der Waals surface area contributed by atoms with E-state index in [1.165, 1.54) is 29.1 Å². The van der Waals surface area contributed by atoms with Crippen LogP contribution >= 0.6 is 11.3 Å². The van der Waals surface area contributed by atoms with E-state index in [4.69, 9.17) is 4.98 Å². The molecule has 0 spiro atoms. The van der Waals surface area contributed by atoms with Crippen LogP contribution in [0.15, 0.2) is 5.38 Å². The zero-order valence-electron chi connectivity index (χ0n) is 12.4. The van der Waals surface area contributed by atoms with Crippen molar-refractivity contribution in [1.29, 1.82) is 0 Å². The van der Waals surface area contributed by atoms with E-state index in [-0.39, 0.29) is 0 Å². The molecule has 0 unspecified atom stereocenters. The molecule has 0 aromatic carbocycles. The highest BCUT2D eigenvalue weighted by Crippen LogP contribution is 2.29. The lowest BCUT2D eigenvalue weighted by Gasteiger charge is -2.01. The average Bonchev–Trinajstić information content (AvgIpc) is 3.06. The highest BCUT2D eigenvalue weighted by molar-refractivity contribution is 7.09. The van der Waals surface area contributed by atoms with E-state index < -0.39 is 0 Å². The van der Waals surface area contributed by atoms with E-state index in [0.29, 0.717) is 0 Å². The van der Waals surface area contributed by atoms with E-state index in [0.717, 1.165) is 36.9 Å². The minimum atomic E-state index is 0.890. The van der Waals surface area contributed by atoms with Crippen LogP contribution in [0, 0.1) is 19.8 Å². The highest BCUT2D eigenvalue weighted by Gasteiger charge is 2.20. The molecule has 1 aliphatic carbocycles. The molecule has 1 fully saturated rings. The quantitative estimate of drug-likeness (QED) is 0.888. The van der Waals surface area contributed by atoms with Crippen molar-refractivity contribution in [3.8, 4) is 11.3 Å². The van der Waals surface area contributed by atoms with Crippen LogP contribution in [0.25, 0.3) is 11.3 Å². The molecule has 0 atom stereocenters. The zero-order valence-corrected chi connectivity index (χ0v) is 13.3. The zero-order chi connectivity index (χ0) is 14.1. The second-order valence-corrected chi connectivity index (χ2v) is 6.50. The first-order valence-corrected chi connectivity index (χ1v) is 8.26. The minimum absolute atomic E-state index is 0.890. The van der Waals surface area contributed by atoms with Gasteiger partial charge in [-0.15, -0.1) is 11.3 Å². The number of thiazole rings is 1. The summed E-state index contributed by atoms with van der Waals surface area (Å²) in [5, 5.41) is 11.4. The summed E-state index contributed by atoms with van der Waals surface area (Å²) in [5.74, 6) is 0.918. The number of nitrogens with zero attached hydrogens (tertiary/aromatic N) is 3. The normalized spacial score (nSPS) is 14.9. The Morgan fingerprint density at radius 3 is 2.85 bits per heavy atom. The van der Waals surface area contributed by atoms with Crippen LogP contribution in [0.4, 0.5) is 0 Å². The first-order chi connectivity index (χ1) is 9.69. The van der Waals surface area contributed by atoms with Gasteiger partial charge < -0.3 is 5.32 Å². The molecule has 1 saturated carbocycles. The van der Waals surface area contributed by atoms with Gasteiger partial charge in [0, 0.05) is 29.7 Å². The summed E-state index contributed by atoms with van der Waals surface area (Å²) in [7, 11) is 0. The van der Waals surface area contributed by atoms with Crippen molar-refractivity contribution < 1.29 is 0 Å². The van der Waals surface area contributed by atoms with Crippen molar-refractivity contribution in [2.24, 2.45) is 5.92 Å². The van der Waals surface area contributed by atoms with Gasteiger partial charge >= 0.3 is 0 Å². The van der Waals surface area contributed by atoms with Crippen LogP contribution in [0.5, 0.6) is 0 Å². The van der Waals surface area contributed by atoms with Crippen molar-refractivity contribution in [2.75, 3.05) is 6.54 Å². The van der Waals surface area contributed by atoms with Gasteiger partial charge in [-0.2, -0.15) is 5.10 Å². The predicted octanol–water partition coefficient (Wildman–Crippen LogP) is 3.14. The predicted molar refractivity (Wildman–Crippen MR) is 82.9 cm³/mol. The van der Waals surface area contributed by atoms with Crippen LogP contribution in [0.1, 0.15) is 36.2 Å². The molecule has 2 heterocycles. The van der Waals surface area contributed by atoms with Crippen LogP contribution in [0.3, 0.4) is 0 Å². The van der Waals surface area contributed by atoms with Crippen LogP contribution in [-0.2, 0) is 13.1 Å². The smallest absolute Gasteiger partial charge is 0.107 e. The fourth-order valence-electron chi connectivity index (χ4n) is 2.59. The van der Waals surface area contributed by atoms with Crippen LogP contribution < -0.4 is 5.32 Å². The Labute approximate surface area is 124 Å². The lowest BCUT2D eigenvalue weighted by molar-refractivity contribution is 0.634. The molecule has 0 radical (unpaired) electrons. The van der Waals surface area contributed by atoms with Crippen molar-refractivity contribution in [3.63, 3.8) is 0 Å². The maximum absolute atomic E-state index is 4.77. The molecule has 2 aromatic heterocycles. The van der Waals surface area contributed by atoms with Gasteiger partial charge in [0.2, 0.25) is 0 Å². The van der Waals surface area contributed by atoms with E-state index >= 15 is 0 Å². The third-order valence-corrected chi connectivity index (χ3v) is 4.74. The Kier molecular flexibility index (Phi) is 3.89. The second kappa shape index (κ2) is 5.66. The molecule has 3 rings (SSSR count). The topological polar surface area (TPSA) is 42.7 Å². The van der Waals surface area contributed by atoms with Crippen LogP contribution in [0.2, 0.25) is 0 Å². The second-order valence-electron chi connectivity index (χ2n) is 5.56. The van der Waals surface area contributed by atoms with Gasteiger partial charge in [0.1, 0.15) is 5.01 Å². The lowest BCUT2D eigenvalue weighted by atomic mass is 10.1. The molecular weight excluding hydrogens is 268 g/mol. The van der Waals surface area contributed by atoms with Gasteiger partial charge in [-0.3, -0.25) is 4.68 Å². The molecule has 0 aliphatic heterocycles. The third kappa shape index (κ3) is 2.79. The molecule has 1 N–H and O–H groups in total. The van der Waals surface area contributed by atoms with Crippen molar-refractivity contribution in [2.45, 2.75) is 46.7 Å². The maximum atomic E-state index is 4.77. The molecule has 0 amide bonds. The molecule has 108 valence electrons. The number of hydrogen-bond donors (Lipinski definition) is 1. The Morgan fingerprint density at radius 1 is 1.40 bits per heavy atom. The monoisotopic (exact) mass is 290 g/mol. The number of nitrogens with one attached hydrogen (secondary N) is 1. The number of hydrogen-bond acceptors (Lipinski definition) is 4. The summed E-state index contributed by atoms with van der Waals surface area (Å²) in [6, 6.07) is 0. The third-order valence-electron chi connectivity index (χ3n) is 3.90. The fourth-order valence-corrected chi connectivity index (χ4v) is 3.34. The lowest BCUT2D eigenvalue weighted by Crippen LogP contribution is -2.15. The fraction of sp³-hybridized carbons (Fsp3) is 0.600. The van der Waals surface area contributed by atoms with E-state index in [2.05, 4.69) is 41.2 Å². The SMILES string of the molecule is CCn1nc(C)c(-c2csc(CNCC3CC3)n2)c1C.